The highest BCUT2D eigenvalue weighted by Crippen LogP contribution is 2.33. The summed E-state index contributed by atoms with van der Waals surface area (Å²) in [7, 11) is 0. The Labute approximate surface area is 238 Å². The number of nitrogens with one attached hydrogen (secondary N) is 2. The molecular weight excluding hydrogens is 536 g/mol. The van der Waals surface area contributed by atoms with Crippen LogP contribution in [0.3, 0.4) is 0 Å². The maximum atomic E-state index is 12.6. The molecule has 0 bridgehead atoms. The summed E-state index contributed by atoms with van der Waals surface area (Å²) in [6.45, 7) is 0. The lowest BCUT2D eigenvalue weighted by atomic mass is 10.1. The van der Waals surface area contributed by atoms with E-state index >= 15 is 0 Å². The summed E-state index contributed by atoms with van der Waals surface area (Å²) in [4.78, 5) is 27.7. The molecule has 0 fully saturated rings. The number of amides is 1. The van der Waals surface area contributed by atoms with Crippen LogP contribution < -0.4 is 16.4 Å². The minimum Gasteiger partial charge on any atom is -0.409 e. The Morgan fingerprint density at radius 2 is 1.85 bits per heavy atom. The van der Waals surface area contributed by atoms with Gasteiger partial charge in [0.15, 0.2) is 5.84 Å². The smallest absolute Gasteiger partial charge is 0.229 e. The van der Waals surface area contributed by atoms with Gasteiger partial charge in [0.1, 0.15) is 5.65 Å². The molecule has 5 N–H and O–H groups in total. The second-order valence-corrected chi connectivity index (χ2v) is 10.1. The number of imidazole rings is 1. The number of hydrogen-bond acceptors (Lipinski definition) is 8. The van der Waals surface area contributed by atoms with Crippen molar-refractivity contribution in [3.63, 3.8) is 0 Å². The van der Waals surface area contributed by atoms with E-state index in [4.69, 9.17) is 20.9 Å². The van der Waals surface area contributed by atoms with Gasteiger partial charge in [0.25, 0.3) is 0 Å². The van der Waals surface area contributed by atoms with Crippen LogP contribution in [0.4, 0.5) is 17.3 Å². The standard InChI is InChI=1S/C30H24N8O2S/c31-29(37-40)20-7-4-9-22(17-20)34-30-32-13-12-24(35-30)28-27(36-25-11-1-2-14-38(25)28)19-6-3-8-21(16-19)33-26(39)18-23-10-5-15-41-23/h1-17,40H,18H2,(H2,31,37)(H,33,39)(H,32,34,35). The molecule has 41 heavy (non-hydrogen) atoms. The molecule has 4 aromatic heterocycles. The molecule has 0 saturated carbocycles. The van der Waals surface area contributed by atoms with E-state index in [2.05, 4.69) is 20.8 Å². The molecule has 1 amide bonds. The minimum absolute atomic E-state index is 0.00336. The molecule has 6 aromatic rings. The third-order valence-electron chi connectivity index (χ3n) is 6.28. The Kier molecular flexibility index (Phi) is 7.08. The average Bonchev–Trinajstić information content (AvgIpc) is 3.65. The molecule has 6 rings (SSSR count). The first kappa shape index (κ1) is 25.7. The van der Waals surface area contributed by atoms with Crippen LogP contribution in [0.5, 0.6) is 0 Å². The number of hydrogen-bond donors (Lipinski definition) is 4. The van der Waals surface area contributed by atoms with Crippen LogP contribution in [-0.4, -0.2) is 36.3 Å². The quantitative estimate of drug-likeness (QED) is 0.0828. The normalized spacial score (nSPS) is 11.5. The molecule has 0 atom stereocenters. The van der Waals surface area contributed by atoms with E-state index in [1.807, 2.05) is 82.7 Å². The number of oxime groups is 1. The monoisotopic (exact) mass is 560 g/mol. The van der Waals surface area contributed by atoms with Crippen LogP contribution in [0.2, 0.25) is 0 Å². The van der Waals surface area contributed by atoms with Crippen molar-refractivity contribution in [3.05, 3.63) is 113 Å². The molecule has 0 unspecified atom stereocenters. The van der Waals surface area contributed by atoms with Crippen LogP contribution in [0.15, 0.2) is 108 Å². The number of amidine groups is 1. The van der Waals surface area contributed by atoms with E-state index < -0.39 is 0 Å². The lowest BCUT2D eigenvalue weighted by Gasteiger charge is -2.10. The lowest BCUT2D eigenvalue weighted by Crippen LogP contribution is -2.13. The van der Waals surface area contributed by atoms with E-state index in [1.54, 1.807) is 35.7 Å². The number of rotatable bonds is 8. The highest BCUT2D eigenvalue weighted by Gasteiger charge is 2.18. The van der Waals surface area contributed by atoms with Crippen molar-refractivity contribution >= 4 is 46.0 Å². The van der Waals surface area contributed by atoms with Crippen LogP contribution in [-0.2, 0) is 11.2 Å². The Hall–Kier alpha value is -5.55. The van der Waals surface area contributed by atoms with Gasteiger partial charge in [-0.2, -0.15) is 0 Å². The fourth-order valence-electron chi connectivity index (χ4n) is 4.46. The number of aromatic nitrogens is 4. The highest BCUT2D eigenvalue weighted by atomic mass is 32.1. The molecule has 4 heterocycles. The second-order valence-electron chi connectivity index (χ2n) is 9.08. The molecule has 2 aromatic carbocycles. The topological polar surface area (TPSA) is 143 Å². The van der Waals surface area contributed by atoms with Crippen LogP contribution in [0, 0.1) is 0 Å². The maximum Gasteiger partial charge on any atom is 0.229 e. The van der Waals surface area contributed by atoms with Crippen LogP contribution in [0.1, 0.15) is 10.4 Å². The van der Waals surface area contributed by atoms with Gasteiger partial charge in [0, 0.05) is 39.8 Å². The van der Waals surface area contributed by atoms with Gasteiger partial charge in [-0.25, -0.2) is 15.0 Å². The first-order valence-electron chi connectivity index (χ1n) is 12.7. The van der Waals surface area contributed by atoms with E-state index in [1.165, 1.54) is 0 Å². The van der Waals surface area contributed by atoms with Gasteiger partial charge in [-0.3, -0.25) is 9.20 Å². The van der Waals surface area contributed by atoms with Crippen LogP contribution >= 0.6 is 11.3 Å². The molecule has 202 valence electrons. The van der Waals surface area contributed by atoms with Crippen molar-refractivity contribution in [2.45, 2.75) is 6.42 Å². The Morgan fingerprint density at radius 3 is 2.71 bits per heavy atom. The van der Waals surface area contributed by atoms with E-state index in [0.717, 1.165) is 21.8 Å². The van der Waals surface area contributed by atoms with Gasteiger partial charge in [0.2, 0.25) is 11.9 Å². The predicted octanol–water partition coefficient (Wildman–Crippen LogP) is 5.54. The van der Waals surface area contributed by atoms with Crippen LogP contribution in [0.25, 0.3) is 28.3 Å². The summed E-state index contributed by atoms with van der Waals surface area (Å²) in [6, 6.07) is 26.2. The second kappa shape index (κ2) is 11.3. The molecule has 0 saturated heterocycles. The summed E-state index contributed by atoms with van der Waals surface area (Å²) in [5, 5.41) is 20.2. The summed E-state index contributed by atoms with van der Waals surface area (Å²) < 4.78 is 1.97. The number of nitrogens with two attached hydrogens (primary N) is 1. The van der Waals surface area contributed by atoms with Crippen molar-refractivity contribution in [1.29, 1.82) is 0 Å². The zero-order valence-corrected chi connectivity index (χ0v) is 22.4. The van der Waals surface area contributed by atoms with Gasteiger partial charge < -0.3 is 21.6 Å². The van der Waals surface area contributed by atoms with Crippen molar-refractivity contribution in [2.24, 2.45) is 10.9 Å². The summed E-state index contributed by atoms with van der Waals surface area (Å²) in [5.41, 5.74) is 11.4. The molecule has 0 spiro atoms. The number of carbonyl (C=O) groups is 1. The third-order valence-corrected chi connectivity index (χ3v) is 7.16. The fourth-order valence-corrected chi connectivity index (χ4v) is 5.16. The van der Waals surface area contributed by atoms with Gasteiger partial charge in [0.05, 0.1) is 23.5 Å². The maximum absolute atomic E-state index is 12.6. The average molecular weight is 561 g/mol. The van der Waals surface area contributed by atoms with Gasteiger partial charge in [-0.05, 0) is 53.9 Å². The van der Waals surface area contributed by atoms with Crippen molar-refractivity contribution in [2.75, 3.05) is 10.6 Å². The summed E-state index contributed by atoms with van der Waals surface area (Å²) in [5.74, 6) is 0.289. The molecule has 0 aliphatic heterocycles. The SMILES string of the molecule is N/C(=N\O)c1cccc(Nc2nccc(-c3c(-c4cccc(NC(=O)Cc5cccs5)c4)nc4ccccn34)n2)c1. The summed E-state index contributed by atoms with van der Waals surface area (Å²) >= 11 is 1.56. The van der Waals surface area contributed by atoms with E-state index in [0.29, 0.717) is 40.7 Å². The Morgan fingerprint density at radius 1 is 0.976 bits per heavy atom. The Bertz CT molecular complexity index is 1880. The lowest BCUT2D eigenvalue weighted by molar-refractivity contribution is -0.115. The molecule has 11 heteroatoms. The van der Waals surface area contributed by atoms with Gasteiger partial charge >= 0.3 is 0 Å². The molecule has 0 radical (unpaired) electrons. The number of nitrogens with zero attached hydrogens (tertiary/aromatic N) is 5. The van der Waals surface area contributed by atoms with Gasteiger partial charge in [-0.15, -0.1) is 11.3 Å². The van der Waals surface area contributed by atoms with Crippen molar-refractivity contribution < 1.29 is 10.0 Å². The molecule has 0 aliphatic rings. The fraction of sp³-hybridized carbons (Fsp3) is 0.0333. The highest BCUT2D eigenvalue weighted by molar-refractivity contribution is 7.10. The minimum atomic E-state index is -0.0811. The summed E-state index contributed by atoms with van der Waals surface area (Å²) in [6.07, 6.45) is 3.93. The zero-order valence-electron chi connectivity index (χ0n) is 21.6. The van der Waals surface area contributed by atoms with Gasteiger partial charge in [-0.1, -0.05) is 41.6 Å². The molecular formula is C30H24N8O2S. The number of thiophene rings is 1. The number of carbonyl (C=O) groups excluding carboxylic acids is 1. The molecule has 10 nitrogen and oxygen atoms in total. The van der Waals surface area contributed by atoms with Crippen molar-refractivity contribution in [1.82, 2.24) is 19.4 Å². The number of fused-ring (bicyclic) bond motifs is 1. The predicted molar refractivity (Wildman–Crippen MR) is 161 cm³/mol. The number of pyridine rings is 1. The third kappa shape index (κ3) is 5.60. The zero-order chi connectivity index (χ0) is 28.2. The molecule has 0 aliphatic carbocycles. The largest absolute Gasteiger partial charge is 0.409 e. The first-order valence-corrected chi connectivity index (χ1v) is 13.5. The first-order chi connectivity index (χ1) is 20.1. The van der Waals surface area contributed by atoms with Crippen molar-refractivity contribution in [3.8, 4) is 22.6 Å². The van der Waals surface area contributed by atoms with E-state index in [9.17, 15) is 4.79 Å². The Balaban J connectivity index is 1.35. The van der Waals surface area contributed by atoms with E-state index in [-0.39, 0.29) is 11.7 Å². The number of anilines is 3. The number of benzene rings is 2.